The number of hydrogen-bond donors (Lipinski definition) is 2. The maximum Gasteiger partial charge on any atom is 0.325 e. The molecule has 4 aromatic rings. The summed E-state index contributed by atoms with van der Waals surface area (Å²) in [4.78, 5) is 36.8. The van der Waals surface area contributed by atoms with Crippen molar-refractivity contribution in [1.82, 2.24) is 5.32 Å². The predicted octanol–water partition coefficient (Wildman–Crippen LogP) is 3.91. The van der Waals surface area contributed by atoms with Crippen molar-refractivity contribution in [3.63, 3.8) is 0 Å². The average molecular weight is 476 g/mol. The van der Waals surface area contributed by atoms with E-state index < -0.39 is 30.9 Å². The van der Waals surface area contributed by atoms with Crippen LogP contribution in [0.3, 0.4) is 0 Å². The number of ether oxygens (including phenoxy) is 3. The number of carbonyl (C=O) groups is 3. The molecule has 0 aliphatic heterocycles. The van der Waals surface area contributed by atoms with Crippen molar-refractivity contribution in [3.05, 3.63) is 66.2 Å². The van der Waals surface area contributed by atoms with E-state index in [1.807, 2.05) is 24.3 Å². The van der Waals surface area contributed by atoms with Gasteiger partial charge in [0, 0.05) is 16.8 Å². The van der Waals surface area contributed by atoms with Gasteiger partial charge in [0.1, 0.15) is 29.2 Å². The van der Waals surface area contributed by atoms with Gasteiger partial charge in [-0.05, 0) is 31.2 Å². The van der Waals surface area contributed by atoms with Crippen molar-refractivity contribution >= 4 is 45.4 Å². The summed E-state index contributed by atoms with van der Waals surface area (Å²) in [5.74, 6) is -0.971. The summed E-state index contributed by atoms with van der Waals surface area (Å²) in [6, 6.07) is 17.7. The van der Waals surface area contributed by atoms with Crippen molar-refractivity contribution in [1.29, 1.82) is 0 Å². The number of methoxy groups -OCH3 is 1. The van der Waals surface area contributed by atoms with Gasteiger partial charge in [-0.3, -0.25) is 14.4 Å². The number of nitrogens with one attached hydrogen (secondary N) is 2. The standard InChI is InChI=1S/C26H24N2O7/c1-3-33-20-10-6-5-9-17(20)26(31)27-14-25(30)34-15-24(29)28-19-13-22-18(12-23(19)32-2)16-8-4-7-11-21(16)35-22/h4-13H,3,14-15H2,1-2H3,(H,27,31)(H,28,29). The van der Waals surface area contributed by atoms with Crippen LogP contribution in [0.5, 0.6) is 11.5 Å². The minimum atomic E-state index is -0.762. The fourth-order valence-corrected chi connectivity index (χ4v) is 3.58. The summed E-state index contributed by atoms with van der Waals surface area (Å²) in [5, 5.41) is 6.90. The van der Waals surface area contributed by atoms with E-state index in [0.29, 0.717) is 40.5 Å². The third-order valence-corrected chi connectivity index (χ3v) is 5.16. The van der Waals surface area contributed by atoms with Gasteiger partial charge >= 0.3 is 5.97 Å². The van der Waals surface area contributed by atoms with Gasteiger partial charge in [-0.25, -0.2) is 0 Å². The number of furan rings is 1. The zero-order valence-corrected chi connectivity index (χ0v) is 19.3. The SMILES string of the molecule is CCOc1ccccc1C(=O)NCC(=O)OCC(=O)Nc1cc2oc3ccccc3c2cc1OC. The zero-order chi connectivity index (χ0) is 24.8. The molecule has 0 unspecified atom stereocenters. The first-order valence-corrected chi connectivity index (χ1v) is 10.9. The lowest BCUT2D eigenvalue weighted by atomic mass is 10.1. The van der Waals surface area contributed by atoms with Crippen LogP contribution in [0.2, 0.25) is 0 Å². The van der Waals surface area contributed by atoms with Gasteiger partial charge in [-0.15, -0.1) is 0 Å². The van der Waals surface area contributed by atoms with E-state index in [-0.39, 0.29) is 0 Å². The summed E-state index contributed by atoms with van der Waals surface area (Å²) in [6.07, 6.45) is 0. The highest BCUT2D eigenvalue weighted by molar-refractivity contribution is 6.08. The molecule has 0 saturated carbocycles. The summed E-state index contributed by atoms with van der Waals surface area (Å²) in [5.41, 5.74) is 1.97. The first kappa shape index (κ1) is 23.6. The number of carbonyl (C=O) groups excluding carboxylic acids is 3. The highest BCUT2D eigenvalue weighted by Crippen LogP contribution is 2.36. The summed E-state index contributed by atoms with van der Waals surface area (Å²) in [7, 11) is 1.49. The smallest absolute Gasteiger partial charge is 0.325 e. The van der Waals surface area contributed by atoms with Gasteiger partial charge in [0.05, 0.1) is 25.0 Å². The Morgan fingerprint density at radius 1 is 0.914 bits per heavy atom. The van der Waals surface area contributed by atoms with Gasteiger partial charge < -0.3 is 29.3 Å². The summed E-state index contributed by atoms with van der Waals surface area (Å²) < 4.78 is 21.7. The minimum Gasteiger partial charge on any atom is -0.495 e. The molecule has 2 amide bonds. The number of benzene rings is 3. The second-order valence-corrected chi connectivity index (χ2v) is 7.47. The molecule has 180 valence electrons. The van der Waals surface area contributed by atoms with E-state index >= 15 is 0 Å². The molecule has 9 nitrogen and oxygen atoms in total. The van der Waals surface area contributed by atoms with E-state index in [1.54, 1.807) is 43.3 Å². The topological polar surface area (TPSA) is 116 Å². The van der Waals surface area contributed by atoms with Crippen LogP contribution in [0, 0.1) is 0 Å². The van der Waals surface area contributed by atoms with Crippen molar-refractivity contribution in [3.8, 4) is 11.5 Å². The second-order valence-electron chi connectivity index (χ2n) is 7.47. The van der Waals surface area contributed by atoms with E-state index in [2.05, 4.69) is 10.6 Å². The van der Waals surface area contributed by atoms with Crippen molar-refractivity contribution < 1.29 is 33.0 Å². The third kappa shape index (κ3) is 5.35. The maximum absolute atomic E-state index is 12.4. The molecule has 0 saturated heterocycles. The lowest BCUT2D eigenvalue weighted by molar-refractivity contribution is -0.146. The first-order valence-electron chi connectivity index (χ1n) is 10.9. The lowest BCUT2D eigenvalue weighted by Crippen LogP contribution is -2.32. The highest BCUT2D eigenvalue weighted by atomic mass is 16.5. The van der Waals surface area contributed by atoms with Crippen LogP contribution in [0.4, 0.5) is 5.69 Å². The van der Waals surface area contributed by atoms with Crippen molar-refractivity contribution in [2.45, 2.75) is 6.92 Å². The number of amides is 2. The molecule has 35 heavy (non-hydrogen) atoms. The lowest BCUT2D eigenvalue weighted by Gasteiger charge is -2.11. The summed E-state index contributed by atoms with van der Waals surface area (Å²) in [6.45, 7) is 1.27. The molecule has 1 heterocycles. The van der Waals surface area contributed by atoms with Gasteiger partial charge in [0.25, 0.3) is 11.8 Å². The Morgan fingerprint density at radius 3 is 2.49 bits per heavy atom. The molecule has 1 aromatic heterocycles. The fourth-order valence-electron chi connectivity index (χ4n) is 3.58. The van der Waals surface area contributed by atoms with Gasteiger partial charge in [-0.1, -0.05) is 30.3 Å². The van der Waals surface area contributed by atoms with Crippen LogP contribution in [-0.2, 0) is 14.3 Å². The maximum atomic E-state index is 12.4. The molecule has 3 aromatic carbocycles. The van der Waals surface area contributed by atoms with Crippen molar-refractivity contribution in [2.75, 3.05) is 32.2 Å². The molecule has 0 aliphatic rings. The Labute approximate surface area is 200 Å². The Morgan fingerprint density at radius 2 is 1.69 bits per heavy atom. The van der Waals surface area contributed by atoms with Gasteiger partial charge in [-0.2, -0.15) is 0 Å². The quantitative estimate of drug-likeness (QED) is 0.352. The van der Waals surface area contributed by atoms with Crippen LogP contribution >= 0.6 is 0 Å². The molecule has 9 heteroatoms. The van der Waals surface area contributed by atoms with Gasteiger partial charge in [0.15, 0.2) is 6.61 Å². The molecule has 0 fully saturated rings. The fraction of sp³-hybridized carbons (Fsp3) is 0.192. The number of esters is 1. The van der Waals surface area contributed by atoms with Crippen LogP contribution < -0.4 is 20.1 Å². The van der Waals surface area contributed by atoms with Crippen LogP contribution in [0.1, 0.15) is 17.3 Å². The average Bonchev–Trinajstić information content (AvgIpc) is 3.23. The molecule has 2 N–H and O–H groups in total. The first-order chi connectivity index (χ1) is 17.0. The number of para-hydroxylation sites is 2. The summed E-state index contributed by atoms with van der Waals surface area (Å²) >= 11 is 0. The minimum absolute atomic E-state index is 0.299. The Kier molecular flexibility index (Phi) is 7.15. The predicted molar refractivity (Wildman–Crippen MR) is 130 cm³/mol. The molecule has 0 bridgehead atoms. The number of fused-ring (bicyclic) bond motifs is 3. The van der Waals surface area contributed by atoms with Crippen molar-refractivity contribution in [2.24, 2.45) is 0 Å². The normalized spacial score (nSPS) is 10.7. The Balaban J connectivity index is 1.34. The number of anilines is 1. The zero-order valence-electron chi connectivity index (χ0n) is 19.3. The largest absolute Gasteiger partial charge is 0.495 e. The molecule has 0 atom stereocenters. The number of hydrogen-bond acceptors (Lipinski definition) is 7. The van der Waals surface area contributed by atoms with E-state index in [1.165, 1.54) is 7.11 Å². The monoisotopic (exact) mass is 476 g/mol. The second kappa shape index (κ2) is 10.6. The van der Waals surface area contributed by atoms with Crippen LogP contribution in [-0.4, -0.2) is 44.7 Å². The Bertz CT molecular complexity index is 1390. The highest BCUT2D eigenvalue weighted by Gasteiger charge is 2.17. The van der Waals surface area contributed by atoms with E-state index in [4.69, 9.17) is 18.6 Å². The van der Waals surface area contributed by atoms with E-state index in [0.717, 1.165) is 10.8 Å². The third-order valence-electron chi connectivity index (χ3n) is 5.16. The molecule has 0 radical (unpaired) electrons. The van der Waals surface area contributed by atoms with Crippen LogP contribution in [0.25, 0.3) is 21.9 Å². The molecule has 0 spiro atoms. The Hall–Kier alpha value is -4.53. The van der Waals surface area contributed by atoms with Crippen LogP contribution in [0.15, 0.2) is 65.1 Å². The number of rotatable bonds is 9. The molecular weight excluding hydrogens is 452 g/mol. The van der Waals surface area contributed by atoms with Gasteiger partial charge in [0.2, 0.25) is 0 Å². The molecule has 0 aliphatic carbocycles. The molecular formula is C26H24N2O7. The van der Waals surface area contributed by atoms with E-state index in [9.17, 15) is 14.4 Å². The molecule has 4 rings (SSSR count).